The molecular weight excluding hydrogens is 148 g/mol. The third-order valence-electron chi connectivity index (χ3n) is 2.18. The zero-order valence-electron chi connectivity index (χ0n) is 8.73. The SMILES string of the molecule is CC(=O)C1CCCCC1.CCC. The molecule has 0 heterocycles. The highest BCUT2D eigenvalue weighted by molar-refractivity contribution is 5.78. The average Bonchev–Trinajstić information content (AvgIpc) is 2.07. The Balaban J connectivity index is 0.000000354. The molecule has 0 aromatic heterocycles. The fraction of sp³-hybridized carbons (Fsp3) is 0.909. The molecule has 72 valence electrons. The summed E-state index contributed by atoms with van der Waals surface area (Å²) in [6, 6.07) is 0. The topological polar surface area (TPSA) is 17.1 Å². The summed E-state index contributed by atoms with van der Waals surface area (Å²) in [5, 5.41) is 0. The Morgan fingerprint density at radius 3 is 1.83 bits per heavy atom. The van der Waals surface area contributed by atoms with Crippen molar-refractivity contribution < 1.29 is 4.79 Å². The van der Waals surface area contributed by atoms with Gasteiger partial charge in [-0.2, -0.15) is 0 Å². The Morgan fingerprint density at radius 2 is 1.58 bits per heavy atom. The van der Waals surface area contributed by atoms with Gasteiger partial charge < -0.3 is 0 Å². The Morgan fingerprint density at radius 1 is 1.17 bits per heavy atom. The normalized spacial score (nSPS) is 17.9. The predicted octanol–water partition coefficient (Wildman–Crippen LogP) is 3.57. The van der Waals surface area contributed by atoms with Crippen LogP contribution in [0.3, 0.4) is 0 Å². The van der Waals surface area contributed by atoms with Crippen LogP contribution >= 0.6 is 0 Å². The van der Waals surface area contributed by atoms with Crippen molar-refractivity contribution in [3.05, 3.63) is 0 Å². The van der Waals surface area contributed by atoms with Crippen molar-refractivity contribution in [2.45, 2.75) is 59.3 Å². The van der Waals surface area contributed by atoms with E-state index in [4.69, 9.17) is 0 Å². The van der Waals surface area contributed by atoms with Crippen LogP contribution in [0.5, 0.6) is 0 Å². The first-order chi connectivity index (χ1) is 5.72. The van der Waals surface area contributed by atoms with Gasteiger partial charge in [-0.25, -0.2) is 0 Å². The van der Waals surface area contributed by atoms with Crippen LogP contribution in [-0.4, -0.2) is 5.78 Å². The van der Waals surface area contributed by atoms with E-state index >= 15 is 0 Å². The molecule has 1 saturated carbocycles. The number of hydrogen-bond donors (Lipinski definition) is 0. The second kappa shape index (κ2) is 7.33. The molecule has 1 rings (SSSR count). The molecule has 0 atom stereocenters. The summed E-state index contributed by atoms with van der Waals surface area (Å²) in [6.45, 7) is 5.97. The number of Topliss-reactive ketones (excluding diaryl/α,β-unsaturated/α-hetero) is 1. The van der Waals surface area contributed by atoms with Crippen molar-refractivity contribution in [1.29, 1.82) is 0 Å². The Bertz CT molecular complexity index is 112. The Kier molecular flexibility index (Phi) is 7.12. The number of hydrogen-bond acceptors (Lipinski definition) is 1. The first-order valence-electron chi connectivity index (χ1n) is 5.22. The lowest BCUT2D eigenvalue weighted by atomic mass is 9.87. The van der Waals surface area contributed by atoms with Crippen molar-refractivity contribution in [2.75, 3.05) is 0 Å². The summed E-state index contributed by atoms with van der Waals surface area (Å²) < 4.78 is 0. The van der Waals surface area contributed by atoms with Gasteiger partial charge in [0, 0.05) is 5.92 Å². The van der Waals surface area contributed by atoms with Gasteiger partial charge in [-0.15, -0.1) is 0 Å². The van der Waals surface area contributed by atoms with E-state index in [1.807, 2.05) is 0 Å². The van der Waals surface area contributed by atoms with Crippen LogP contribution in [0.2, 0.25) is 0 Å². The Labute approximate surface area is 76.6 Å². The largest absolute Gasteiger partial charge is 0.300 e. The van der Waals surface area contributed by atoms with Crippen LogP contribution in [0.15, 0.2) is 0 Å². The minimum Gasteiger partial charge on any atom is -0.300 e. The fourth-order valence-electron chi connectivity index (χ4n) is 1.51. The van der Waals surface area contributed by atoms with Gasteiger partial charge in [-0.05, 0) is 19.8 Å². The highest BCUT2D eigenvalue weighted by Crippen LogP contribution is 2.23. The van der Waals surface area contributed by atoms with Gasteiger partial charge in [-0.1, -0.05) is 39.5 Å². The molecule has 0 aromatic carbocycles. The second-order valence-corrected chi connectivity index (χ2v) is 3.65. The summed E-state index contributed by atoms with van der Waals surface area (Å²) in [6.07, 6.45) is 7.42. The van der Waals surface area contributed by atoms with E-state index in [-0.39, 0.29) is 0 Å². The number of rotatable bonds is 1. The second-order valence-electron chi connectivity index (χ2n) is 3.65. The minimum absolute atomic E-state index is 0.398. The van der Waals surface area contributed by atoms with Crippen molar-refractivity contribution in [1.82, 2.24) is 0 Å². The molecule has 0 amide bonds. The first kappa shape index (κ1) is 11.7. The highest BCUT2D eigenvalue weighted by atomic mass is 16.1. The highest BCUT2D eigenvalue weighted by Gasteiger charge is 2.16. The summed E-state index contributed by atoms with van der Waals surface area (Å²) in [4.78, 5) is 10.8. The summed E-state index contributed by atoms with van der Waals surface area (Å²) >= 11 is 0. The van der Waals surface area contributed by atoms with Crippen molar-refractivity contribution in [3.8, 4) is 0 Å². The fourth-order valence-corrected chi connectivity index (χ4v) is 1.51. The van der Waals surface area contributed by atoms with E-state index < -0.39 is 0 Å². The lowest BCUT2D eigenvalue weighted by Gasteiger charge is -2.17. The van der Waals surface area contributed by atoms with Crippen LogP contribution in [0, 0.1) is 5.92 Å². The van der Waals surface area contributed by atoms with Crippen LogP contribution in [-0.2, 0) is 4.79 Å². The van der Waals surface area contributed by atoms with Crippen molar-refractivity contribution in [3.63, 3.8) is 0 Å². The molecule has 1 nitrogen and oxygen atoms in total. The van der Waals surface area contributed by atoms with Gasteiger partial charge in [0.05, 0.1) is 0 Å². The molecular formula is C11H22O. The van der Waals surface area contributed by atoms with E-state index in [9.17, 15) is 4.79 Å². The van der Waals surface area contributed by atoms with Crippen molar-refractivity contribution >= 4 is 5.78 Å². The van der Waals surface area contributed by atoms with Crippen LogP contribution < -0.4 is 0 Å². The van der Waals surface area contributed by atoms with E-state index in [0.29, 0.717) is 11.7 Å². The maximum atomic E-state index is 10.8. The van der Waals surface area contributed by atoms with Crippen molar-refractivity contribution in [2.24, 2.45) is 5.92 Å². The molecule has 1 aliphatic rings. The van der Waals surface area contributed by atoms with E-state index in [0.717, 1.165) is 12.8 Å². The molecule has 0 aromatic rings. The third-order valence-corrected chi connectivity index (χ3v) is 2.18. The maximum absolute atomic E-state index is 10.8. The quantitative estimate of drug-likeness (QED) is 0.588. The summed E-state index contributed by atoms with van der Waals surface area (Å²) in [5.41, 5.74) is 0. The Hall–Kier alpha value is -0.330. The maximum Gasteiger partial charge on any atom is 0.132 e. The molecule has 0 aliphatic heterocycles. The summed E-state index contributed by atoms with van der Waals surface area (Å²) in [5.74, 6) is 0.813. The predicted molar refractivity (Wildman–Crippen MR) is 53.2 cm³/mol. The standard InChI is InChI=1S/C8H14O.C3H8/c1-7(9)8-5-3-2-4-6-8;1-3-2/h8H,2-6H2,1H3;3H2,1-2H3. The third kappa shape index (κ3) is 5.34. The summed E-state index contributed by atoms with van der Waals surface area (Å²) in [7, 11) is 0. The van der Waals surface area contributed by atoms with E-state index in [1.165, 1.54) is 25.7 Å². The van der Waals surface area contributed by atoms with Gasteiger partial charge >= 0.3 is 0 Å². The monoisotopic (exact) mass is 170 g/mol. The molecule has 0 spiro atoms. The smallest absolute Gasteiger partial charge is 0.132 e. The number of carbonyl (C=O) groups excluding carboxylic acids is 1. The molecule has 0 bridgehead atoms. The lowest BCUT2D eigenvalue weighted by molar-refractivity contribution is -0.121. The zero-order valence-corrected chi connectivity index (χ0v) is 8.73. The molecule has 1 fully saturated rings. The van der Waals surface area contributed by atoms with Crippen LogP contribution in [0.4, 0.5) is 0 Å². The van der Waals surface area contributed by atoms with Gasteiger partial charge in [0.2, 0.25) is 0 Å². The van der Waals surface area contributed by atoms with Crippen LogP contribution in [0.1, 0.15) is 59.3 Å². The van der Waals surface area contributed by atoms with Gasteiger partial charge in [0.15, 0.2) is 0 Å². The molecule has 0 saturated heterocycles. The minimum atomic E-state index is 0.398. The number of carbonyl (C=O) groups is 1. The molecule has 0 radical (unpaired) electrons. The van der Waals surface area contributed by atoms with Crippen LogP contribution in [0.25, 0.3) is 0 Å². The average molecular weight is 170 g/mol. The van der Waals surface area contributed by atoms with Gasteiger partial charge in [-0.3, -0.25) is 4.79 Å². The molecule has 0 unspecified atom stereocenters. The van der Waals surface area contributed by atoms with Gasteiger partial charge in [0.25, 0.3) is 0 Å². The van der Waals surface area contributed by atoms with Gasteiger partial charge in [0.1, 0.15) is 5.78 Å². The zero-order chi connectivity index (χ0) is 9.40. The first-order valence-corrected chi connectivity index (χ1v) is 5.22. The molecule has 1 heteroatoms. The van der Waals surface area contributed by atoms with E-state index in [1.54, 1.807) is 6.92 Å². The molecule has 1 aliphatic carbocycles. The van der Waals surface area contributed by atoms with E-state index in [2.05, 4.69) is 13.8 Å². The number of ketones is 1. The molecule has 12 heavy (non-hydrogen) atoms. The lowest BCUT2D eigenvalue weighted by Crippen LogP contribution is -2.13. The molecule has 0 N–H and O–H groups in total.